The largest absolute Gasteiger partial charge is 0.306 e. The van der Waals surface area contributed by atoms with Crippen LogP contribution in [0.3, 0.4) is 0 Å². The van der Waals surface area contributed by atoms with Gasteiger partial charge in [0.05, 0.1) is 0 Å². The molecule has 112 valence electrons. The van der Waals surface area contributed by atoms with Gasteiger partial charge in [0.1, 0.15) is 5.82 Å². The average molecular weight is 277 g/mol. The third-order valence-corrected chi connectivity index (χ3v) is 4.69. The first-order valence-electron chi connectivity index (χ1n) is 7.72. The highest BCUT2D eigenvalue weighted by Crippen LogP contribution is 2.41. The van der Waals surface area contributed by atoms with E-state index in [1.54, 1.807) is 12.1 Å². The molecule has 2 unspecified atom stereocenters. The second-order valence-corrected chi connectivity index (χ2v) is 7.95. The quantitative estimate of drug-likeness (QED) is 0.812. The Morgan fingerprint density at radius 1 is 1.20 bits per heavy atom. The topological polar surface area (TPSA) is 12.0 Å². The highest BCUT2D eigenvalue weighted by Gasteiger charge is 2.38. The maximum absolute atomic E-state index is 13.2. The number of hydrogen-bond acceptors (Lipinski definition) is 1. The minimum absolute atomic E-state index is 0.108. The Labute approximate surface area is 123 Å². The van der Waals surface area contributed by atoms with Gasteiger partial charge < -0.3 is 5.32 Å². The molecule has 1 saturated carbocycles. The Kier molecular flexibility index (Phi) is 4.24. The van der Waals surface area contributed by atoms with Gasteiger partial charge in [-0.3, -0.25) is 0 Å². The van der Waals surface area contributed by atoms with E-state index in [2.05, 4.69) is 39.9 Å². The van der Waals surface area contributed by atoms with Crippen molar-refractivity contribution in [2.24, 2.45) is 10.8 Å². The van der Waals surface area contributed by atoms with Crippen LogP contribution < -0.4 is 5.32 Å². The predicted octanol–water partition coefficient (Wildman–Crippen LogP) is 5.08. The molecule has 0 heterocycles. The summed E-state index contributed by atoms with van der Waals surface area (Å²) in [5.41, 5.74) is 1.64. The number of hydrogen-bond donors (Lipinski definition) is 1. The first-order valence-corrected chi connectivity index (χ1v) is 7.72. The maximum atomic E-state index is 13.2. The fourth-order valence-electron chi connectivity index (χ4n) is 3.34. The molecule has 2 atom stereocenters. The van der Waals surface area contributed by atoms with Gasteiger partial charge in [0.15, 0.2) is 0 Å². The molecule has 1 aromatic rings. The molecule has 20 heavy (non-hydrogen) atoms. The first kappa shape index (κ1) is 15.5. The zero-order valence-electron chi connectivity index (χ0n) is 13.5. The lowest BCUT2D eigenvalue weighted by molar-refractivity contribution is 0.194. The summed E-state index contributed by atoms with van der Waals surface area (Å²) in [6.07, 6.45) is 3.82. The molecule has 1 aliphatic rings. The van der Waals surface area contributed by atoms with Crippen LogP contribution in [0.4, 0.5) is 4.39 Å². The number of benzene rings is 1. The van der Waals surface area contributed by atoms with E-state index >= 15 is 0 Å². The van der Waals surface area contributed by atoms with Gasteiger partial charge in [-0.1, -0.05) is 53.2 Å². The summed E-state index contributed by atoms with van der Waals surface area (Å²) >= 11 is 0. The van der Waals surface area contributed by atoms with E-state index in [1.807, 2.05) is 12.1 Å². The fraction of sp³-hybridized carbons (Fsp3) is 0.667. The third kappa shape index (κ3) is 3.41. The summed E-state index contributed by atoms with van der Waals surface area (Å²) in [6.45, 7) is 11.4. The van der Waals surface area contributed by atoms with Crippen LogP contribution in [-0.4, -0.2) is 6.04 Å². The summed E-state index contributed by atoms with van der Waals surface area (Å²) in [7, 11) is 0. The van der Waals surface area contributed by atoms with E-state index in [0.29, 0.717) is 11.5 Å². The van der Waals surface area contributed by atoms with Gasteiger partial charge >= 0.3 is 0 Å². The van der Waals surface area contributed by atoms with Crippen molar-refractivity contribution in [2.75, 3.05) is 0 Å². The summed E-state index contributed by atoms with van der Waals surface area (Å²) < 4.78 is 13.2. The lowest BCUT2D eigenvalue weighted by atomic mass is 9.79. The van der Waals surface area contributed by atoms with Crippen molar-refractivity contribution < 1.29 is 4.39 Å². The van der Waals surface area contributed by atoms with Crippen molar-refractivity contribution in [3.8, 4) is 0 Å². The summed E-state index contributed by atoms with van der Waals surface area (Å²) in [6, 6.07) is 7.76. The molecule has 0 saturated heterocycles. The highest BCUT2D eigenvalue weighted by atomic mass is 19.1. The minimum Gasteiger partial charge on any atom is -0.306 e. The molecule has 1 N–H and O–H groups in total. The van der Waals surface area contributed by atoms with Crippen molar-refractivity contribution >= 4 is 0 Å². The maximum Gasteiger partial charge on any atom is 0.123 e. The first-order chi connectivity index (χ1) is 9.20. The van der Waals surface area contributed by atoms with Crippen molar-refractivity contribution in [3.05, 3.63) is 35.6 Å². The van der Waals surface area contributed by atoms with E-state index in [0.717, 1.165) is 0 Å². The van der Waals surface area contributed by atoms with Gasteiger partial charge in [-0.25, -0.2) is 4.39 Å². The highest BCUT2D eigenvalue weighted by molar-refractivity contribution is 5.22. The molecule has 1 nitrogen and oxygen atoms in total. The second-order valence-electron chi connectivity index (χ2n) is 7.95. The van der Waals surface area contributed by atoms with Gasteiger partial charge in [0.2, 0.25) is 0 Å². The molecule has 0 amide bonds. The van der Waals surface area contributed by atoms with Crippen molar-refractivity contribution in [1.82, 2.24) is 5.32 Å². The van der Waals surface area contributed by atoms with E-state index in [9.17, 15) is 4.39 Å². The number of halogens is 1. The van der Waals surface area contributed by atoms with Gasteiger partial charge in [0, 0.05) is 12.1 Å². The molecule has 1 fully saturated rings. The van der Waals surface area contributed by atoms with Crippen LogP contribution in [0, 0.1) is 16.6 Å². The Balaban J connectivity index is 2.23. The molecule has 0 spiro atoms. The molecule has 0 bridgehead atoms. The van der Waals surface area contributed by atoms with Crippen LogP contribution in [0.5, 0.6) is 0 Å². The van der Waals surface area contributed by atoms with Gasteiger partial charge in [0.25, 0.3) is 0 Å². The van der Waals surface area contributed by atoms with Gasteiger partial charge in [-0.15, -0.1) is 0 Å². The van der Waals surface area contributed by atoms with Crippen LogP contribution in [0.15, 0.2) is 24.3 Å². The molecular formula is C18H28FN. The third-order valence-electron chi connectivity index (χ3n) is 4.69. The zero-order chi connectivity index (χ0) is 15.0. The molecule has 0 aliphatic heterocycles. The monoisotopic (exact) mass is 277 g/mol. The zero-order valence-corrected chi connectivity index (χ0v) is 13.5. The smallest absolute Gasteiger partial charge is 0.123 e. The Bertz CT molecular complexity index is 441. The molecule has 2 rings (SSSR count). The number of rotatable bonds is 3. The van der Waals surface area contributed by atoms with Gasteiger partial charge in [-0.2, -0.15) is 0 Å². The van der Waals surface area contributed by atoms with Crippen molar-refractivity contribution in [3.63, 3.8) is 0 Å². The lowest BCUT2D eigenvalue weighted by Crippen LogP contribution is -2.44. The standard InChI is InChI=1S/C18H28FN/c1-17(2,3)16(13-8-10-14(19)11-9-13)20-15-7-6-12-18(15,4)5/h8-11,15-16,20H,6-7,12H2,1-5H3. The molecule has 1 aromatic carbocycles. The fourth-order valence-corrected chi connectivity index (χ4v) is 3.34. The number of nitrogens with one attached hydrogen (secondary N) is 1. The summed E-state index contributed by atoms with van der Waals surface area (Å²) in [5.74, 6) is -0.164. The van der Waals surface area contributed by atoms with E-state index in [1.165, 1.54) is 24.8 Å². The van der Waals surface area contributed by atoms with Crippen LogP contribution in [0.2, 0.25) is 0 Å². The van der Waals surface area contributed by atoms with Crippen molar-refractivity contribution in [1.29, 1.82) is 0 Å². The predicted molar refractivity (Wildman–Crippen MR) is 83.2 cm³/mol. The molecule has 0 aromatic heterocycles. The summed E-state index contributed by atoms with van der Waals surface area (Å²) in [5, 5.41) is 3.86. The van der Waals surface area contributed by atoms with Crippen LogP contribution >= 0.6 is 0 Å². The Morgan fingerprint density at radius 3 is 2.25 bits per heavy atom. The van der Waals surface area contributed by atoms with E-state index < -0.39 is 0 Å². The van der Waals surface area contributed by atoms with Gasteiger partial charge in [-0.05, 0) is 41.4 Å². The molecular weight excluding hydrogens is 249 g/mol. The van der Waals surface area contributed by atoms with Crippen LogP contribution in [-0.2, 0) is 0 Å². The lowest BCUT2D eigenvalue weighted by Gasteiger charge is -2.38. The normalized spacial score (nSPS) is 23.8. The molecule has 2 heteroatoms. The van der Waals surface area contributed by atoms with Crippen LogP contribution in [0.1, 0.15) is 65.5 Å². The minimum atomic E-state index is -0.164. The van der Waals surface area contributed by atoms with E-state index in [4.69, 9.17) is 0 Å². The van der Waals surface area contributed by atoms with Crippen LogP contribution in [0.25, 0.3) is 0 Å². The molecule has 1 aliphatic carbocycles. The Hall–Kier alpha value is -0.890. The average Bonchev–Trinajstić information content (AvgIpc) is 2.65. The van der Waals surface area contributed by atoms with Crippen molar-refractivity contribution in [2.45, 2.75) is 66.0 Å². The SMILES string of the molecule is CC(C)(C)C(NC1CCCC1(C)C)c1ccc(F)cc1. The second kappa shape index (κ2) is 5.48. The summed E-state index contributed by atoms with van der Waals surface area (Å²) in [4.78, 5) is 0. The Morgan fingerprint density at radius 2 is 1.80 bits per heavy atom. The van der Waals surface area contributed by atoms with E-state index in [-0.39, 0.29) is 17.3 Å². The molecule has 0 radical (unpaired) electrons.